The van der Waals surface area contributed by atoms with Gasteiger partial charge in [0.1, 0.15) is 19.8 Å². The molecule has 0 radical (unpaired) electrons. The van der Waals surface area contributed by atoms with Crippen LogP contribution in [0.1, 0.15) is 142 Å². The molecule has 0 heterocycles. The van der Waals surface area contributed by atoms with Crippen LogP contribution in [0.4, 0.5) is 0 Å². The predicted molar refractivity (Wildman–Crippen MR) is 236 cm³/mol. The van der Waals surface area contributed by atoms with E-state index in [9.17, 15) is 29.3 Å². The predicted octanol–water partition coefficient (Wildman–Crippen LogP) is 10.2. The Morgan fingerprint density at radius 3 is 1.79 bits per heavy atom. The van der Waals surface area contributed by atoms with Gasteiger partial charge in [-0.25, -0.2) is 4.57 Å². The summed E-state index contributed by atoms with van der Waals surface area (Å²) in [6, 6.07) is 0. The van der Waals surface area contributed by atoms with E-state index in [2.05, 4.69) is 74.6 Å². The average molecular weight is 839 g/mol. The van der Waals surface area contributed by atoms with Crippen molar-refractivity contribution in [2.24, 2.45) is 0 Å². The van der Waals surface area contributed by atoms with Gasteiger partial charge in [-0.1, -0.05) is 125 Å². The quantitative estimate of drug-likeness (QED) is 0.0180. The molecule has 0 amide bonds. The lowest BCUT2D eigenvalue weighted by Gasteiger charge is -2.24. The summed E-state index contributed by atoms with van der Waals surface area (Å²) in [6.07, 6.45) is 38.4. The standard InChI is InChI=1S/C46H80NO10P/c1-6-8-10-12-14-15-16-17-18-19-20-21-22-23-24-28-32-36-45(50)54-40-42(41-56-58(52,53)55-39-38-47(3,4)5)57-46(51)37-33-29-25-27-31-35-44(49)43(48)34-30-26-13-11-9-7-2/h8,10,14-15,17-18,20-21,23-24,26,30,42-44,48-49H,6-7,9,11-13,16,19,22,25,27-29,31-41H2,1-5H3/p+1/b10-8-,15-14-,18-17-,21-20-,24-23-,30-26-/t42-,43+,44+/m1/s1. The molecule has 0 aliphatic rings. The van der Waals surface area contributed by atoms with Crippen molar-refractivity contribution in [3.63, 3.8) is 0 Å². The van der Waals surface area contributed by atoms with Crippen LogP contribution in [0.3, 0.4) is 0 Å². The van der Waals surface area contributed by atoms with Gasteiger partial charge < -0.3 is 29.1 Å². The molecule has 334 valence electrons. The van der Waals surface area contributed by atoms with Crippen LogP contribution >= 0.6 is 7.82 Å². The molecule has 0 saturated heterocycles. The maximum Gasteiger partial charge on any atom is 0.472 e. The minimum Gasteiger partial charge on any atom is -0.462 e. The molecule has 0 fully saturated rings. The number of ether oxygens (including phenoxy) is 2. The third-order valence-electron chi connectivity index (χ3n) is 8.92. The number of carbonyl (C=O) groups is 2. The monoisotopic (exact) mass is 839 g/mol. The van der Waals surface area contributed by atoms with E-state index in [-0.39, 0.29) is 26.1 Å². The second-order valence-corrected chi connectivity index (χ2v) is 17.1. The van der Waals surface area contributed by atoms with Crippen LogP contribution in [-0.4, -0.2) is 97.3 Å². The molecule has 11 nitrogen and oxygen atoms in total. The number of hydrogen-bond donors (Lipinski definition) is 3. The van der Waals surface area contributed by atoms with Gasteiger partial charge in [-0.2, -0.15) is 0 Å². The number of rotatable bonds is 38. The molecular formula is C46H81NO10P+. The minimum absolute atomic E-state index is 0.00924. The first-order valence-corrected chi connectivity index (χ1v) is 23.3. The van der Waals surface area contributed by atoms with Gasteiger partial charge in [0, 0.05) is 12.8 Å². The zero-order valence-corrected chi connectivity index (χ0v) is 37.6. The molecule has 4 atom stereocenters. The van der Waals surface area contributed by atoms with Crippen molar-refractivity contribution >= 4 is 19.8 Å². The highest BCUT2D eigenvalue weighted by atomic mass is 31.2. The first kappa shape index (κ1) is 55.4. The van der Waals surface area contributed by atoms with Crippen LogP contribution < -0.4 is 0 Å². The number of aliphatic hydroxyl groups excluding tert-OH is 2. The van der Waals surface area contributed by atoms with Crippen molar-refractivity contribution in [1.29, 1.82) is 0 Å². The van der Waals surface area contributed by atoms with E-state index in [1.54, 1.807) is 0 Å². The number of phosphoric acid groups is 1. The van der Waals surface area contributed by atoms with E-state index in [0.29, 0.717) is 43.1 Å². The summed E-state index contributed by atoms with van der Waals surface area (Å²) in [4.78, 5) is 35.4. The Kier molecular flexibility index (Phi) is 35.7. The second kappa shape index (κ2) is 37.4. The second-order valence-electron chi connectivity index (χ2n) is 15.7. The number of phosphoric ester groups is 1. The number of quaternary nitrogens is 1. The number of carbonyl (C=O) groups excluding carboxylic acids is 2. The topological polar surface area (TPSA) is 149 Å². The minimum atomic E-state index is -4.43. The zero-order valence-electron chi connectivity index (χ0n) is 36.7. The Bertz CT molecular complexity index is 1250. The summed E-state index contributed by atoms with van der Waals surface area (Å²) in [7, 11) is 1.34. The maximum absolute atomic E-state index is 12.7. The van der Waals surface area contributed by atoms with Crippen molar-refractivity contribution in [2.45, 2.75) is 161 Å². The summed E-state index contributed by atoms with van der Waals surface area (Å²) in [5.74, 6) is -0.987. The molecule has 0 aromatic carbocycles. The Labute approximate surface area is 352 Å². The van der Waals surface area contributed by atoms with E-state index < -0.39 is 44.7 Å². The molecule has 0 aliphatic carbocycles. The molecule has 3 N–H and O–H groups in total. The average Bonchev–Trinajstić information content (AvgIpc) is 3.17. The van der Waals surface area contributed by atoms with E-state index in [1.165, 1.54) is 12.8 Å². The van der Waals surface area contributed by atoms with Crippen LogP contribution in [0.15, 0.2) is 72.9 Å². The van der Waals surface area contributed by atoms with Gasteiger partial charge in [-0.15, -0.1) is 0 Å². The number of aliphatic hydroxyl groups is 2. The maximum atomic E-state index is 12.7. The van der Waals surface area contributed by atoms with Crippen molar-refractivity contribution in [2.75, 3.05) is 47.5 Å². The molecule has 1 unspecified atom stereocenters. The van der Waals surface area contributed by atoms with Crippen LogP contribution in [0.5, 0.6) is 0 Å². The highest BCUT2D eigenvalue weighted by Gasteiger charge is 2.27. The molecule has 12 heteroatoms. The Morgan fingerprint density at radius 1 is 0.621 bits per heavy atom. The Balaban J connectivity index is 4.60. The van der Waals surface area contributed by atoms with Crippen molar-refractivity contribution in [3.05, 3.63) is 72.9 Å². The van der Waals surface area contributed by atoms with E-state index in [4.69, 9.17) is 18.5 Å². The third kappa shape index (κ3) is 38.9. The molecule has 0 aromatic rings. The molecule has 0 rings (SSSR count). The summed E-state index contributed by atoms with van der Waals surface area (Å²) in [5, 5.41) is 20.5. The number of allylic oxidation sites excluding steroid dienone is 11. The van der Waals surface area contributed by atoms with Crippen LogP contribution in [0, 0.1) is 0 Å². The highest BCUT2D eigenvalue weighted by Crippen LogP contribution is 2.43. The molecule has 0 aromatic heterocycles. The molecule has 0 spiro atoms. The van der Waals surface area contributed by atoms with Crippen molar-refractivity contribution in [3.8, 4) is 0 Å². The molecular weight excluding hydrogens is 757 g/mol. The number of nitrogens with zero attached hydrogens (tertiary/aromatic N) is 1. The summed E-state index contributed by atoms with van der Waals surface area (Å²) in [5.41, 5.74) is 0. The van der Waals surface area contributed by atoms with Gasteiger partial charge in [0.15, 0.2) is 6.10 Å². The zero-order chi connectivity index (χ0) is 43.2. The van der Waals surface area contributed by atoms with Crippen molar-refractivity contribution in [1.82, 2.24) is 0 Å². The van der Waals surface area contributed by atoms with Gasteiger partial charge in [-0.05, 0) is 77.0 Å². The third-order valence-corrected chi connectivity index (χ3v) is 9.91. The van der Waals surface area contributed by atoms with E-state index in [1.807, 2.05) is 33.3 Å². The summed E-state index contributed by atoms with van der Waals surface area (Å²) < 4.78 is 34.1. The molecule has 0 saturated carbocycles. The smallest absolute Gasteiger partial charge is 0.462 e. The summed E-state index contributed by atoms with van der Waals surface area (Å²) in [6.45, 7) is 3.98. The van der Waals surface area contributed by atoms with Crippen molar-refractivity contribution < 1.29 is 52.3 Å². The largest absolute Gasteiger partial charge is 0.472 e. The fourth-order valence-corrected chi connectivity index (χ4v) is 6.11. The van der Waals surface area contributed by atoms with E-state index in [0.717, 1.165) is 70.6 Å². The van der Waals surface area contributed by atoms with Crippen LogP contribution in [0.25, 0.3) is 0 Å². The SMILES string of the molecule is CC/C=C\C/C=C\C/C=C\C/C=C\C/C=C\CCCC(=O)OC[C@H](COP(=O)(O)OCC[N+](C)(C)C)OC(=O)CCCCCCC[C@H](O)[C@@H](O)C/C=C\CCCCC. The van der Waals surface area contributed by atoms with Crippen LogP contribution in [-0.2, 0) is 32.7 Å². The van der Waals surface area contributed by atoms with Gasteiger partial charge in [-0.3, -0.25) is 18.6 Å². The van der Waals surface area contributed by atoms with Gasteiger partial charge in [0.2, 0.25) is 0 Å². The summed E-state index contributed by atoms with van der Waals surface area (Å²) >= 11 is 0. The normalized spacial score (nSPS) is 15.4. The first-order valence-electron chi connectivity index (χ1n) is 21.8. The fourth-order valence-electron chi connectivity index (χ4n) is 5.36. The van der Waals surface area contributed by atoms with Crippen LogP contribution in [0.2, 0.25) is 0 Å². The first-order chi connectivity index (χ1) is 27.8. The number of esters is 2. The molecule has 58 heavy (non-hydrogen) atoms. The number of likely N-dealkylation sites (N-methyl/N-ethyl adjacent to an activating group) is 1. The van der Waals surface area contributed by atoms with E-state index >= 15 is 0 Å². The molecule has 0 bridgehead atoms. The lowest BCUT2D eigenvalue weighted by atomic mass is 10.0. The Hall–Kier alpha value is -2.63. The fraction of sp³-hybridized carbons (Fsp3) is 0.696. The lowest BCUT2D eigenvalue weighted by molar-refractivity contribution is -0.870. The number of hydrogen-bond acceptors (Lipinski definition) is 9. The number of unbranched alkanes of at least 4 members (excludes halogenated alkanes) is 8. The van der Waals surface area contributed by atoms with Gasteiger partial charge >= 0.3 is 19.8 Å². The van der Waals surface area contributed by atoms with Gasteiger partial charge in [0.25, 0.3) is 0 Å². The Morgan fingerprint density at radius 2 is 1.17 bits per heavy atom. The highest BCUT2D eigenvalue weighted by molar-refractivity contribution is 7.47. The lowest BCUT2D eigenvalue weighted by Crippen LogP contribution is -2.37. The van der Waals surface area contributed by atoms with Gasteiger partial charge in [0.05, 0.1) is 40.0 Å². The molecule has 0 aliphatic heterocycles.